The van der Waals surface area contributed by atoms with Gasteiger partial charge in [-0.05, 0) is 23.0 Å². The number of fused-ring (bicyclic) bond motifs is 2. The average Bonchev–Trinajstić information content (AvgIpc) is 3.19. The molecule has 3 heteroatoms. The molecule has 0 N–H and O–H groups in total. The Hall–Kier alpha value is -2.07. The maximum absolute atomic E-state index is 7.22. The minimum Gasteiger partial charge on any atom is -0.338 e. The Kier molecular flexibility index (Phi) is 5.92. The number of rotatable bonds is 6. The van der Waals surface area contributed by atoms with Crippen molar-refractivity contribution in [3.8, 4) is 0 Å². The van der Waals surface area contributed by atoms with Crippen molar-refractivity contribution in [1.29, 1.82) is 0 Å². The molecule has 0 saturated carbocycles. The van der Waals surface area contributed by atoms with Crippen LogP contribution in [0.1, 0.15) is 37.5 Å². The van der Waals surface area contributed by atoms with E-state index in [0.717, 1.165) is 17.1 Å². The minimum atomic E-state index is -0.721. The quantitative estimate of drug-likeness (QED) is 0.407. The van der Waals surface area contributed by atoms with E-state index in [1.807, 2.05) is 11.8 Å². The molecule has 2 heterocycles. The van der Waals surface area contributed by atoms with Crippen LogP contribution in [0.2, 0.25) is 0 Å². The number of ether oxygens (including phenoxy) is 2. The van der Waals surface area contributed by atoms with Gasteiger partial charge in [0.1, 0.15) is 11.7 Å². The monoisotopic (exact) mass is 444 g/mol. The number of benzene rings is 3. The van der Waals surface area contributed by atoms with Gasteiger partial charge in [-0.2, -0.15) is 11.8 Å². The summed E-state index contributed by atoms with van der Waals surface area (Å²) in [5, 5.41) is 0. The van der Waals surface area contributed by atoms with Crippen LogP contribution in [-0.2, 0) is 26.6 Å². The molecule has 2 bridgehead atoms. The minimum absolute atomic E-state index is 0.0266. The van der Waals surface area contributed by atoms with Crippen LogP contribution < -0.4 is 0 Å². The van der Waals surface area contributed by atoms with E-state index < -0.39 is 11.4 Å². The van der Waals surface area contributed by atoms with Crippen molar-refractivity contribution in [2.75, 3.05) is 5.75 Å². The van der Waals surface area contributed by atoms with Gasteiger partial charge in [0.2, 0.25) is 0 Å². The van der Waals surface area contributed by atoms with E-state index in [9.17, 15) is 0 Å². The first-order valence-corrected chi connectivity index (χ1v) is 12.8. The van der Waals surface area contributed by atoms with Gasteiger partial charge in [-0.1, -0.05) is 112 Å². The average molecular weight is 445 g/mol. The number of hydrogen-bond acceptors (Lipinski definition) is 3. The van der Waals surface area contributed by atoms with Gasteiger partial charge < -0.3 is 9.47 Å². The Morgan fingerprint density at radius 2 is 1.28 bits per heavy atom. The summed E-state index contributed by atoms with van der Waals surface area (Å²) in [5.41, 5.74) is 3.24. The lowest BCUT2D eigenvalue weighted by molar-refractivity contribution is -0.283. The van der Waals surface area contributed by atoms with Crippen molar-refractivity contribution in [3.05, 3.63) is 108 Å². The molecule has 0 aliphatic carbocycles. The summed E-state index contributed by atoms with van der Waals surface area (Å²) in [4.78, 5) is 0. The molecule has 0 radical (unpaired) electrons. The van der Waals surface area contributed by atoms with Crippen molar-refractivity contribution < 1.29 is 9.47 Å². The normalized spacial score (nSPS) is 33.8. The molecular formula is C29H32O2S. The van der Waals surface area contributed by atoms with Crippen LogP contribution in [0, 0.1) is 17.8 Å². The molecule has 2 saturated heterocycles. The Balaban J connectivity index is 1.55. The molecule has 0 aromatic heterocycles. The highest BCUT2D eigenvalue weighted by molar-refractivity contribution is 7.98. The largest absolute Gasteiger partial charge is 0.338 e. The first kappa shape index (κ1) is 21.8. The molecule has 6 atom stereocenters. The molecule has 2 unspecified atom stereocenters. The summed E-state index contributed by atoms with van der Waals surface area (Å²) < 4.78 is 14.3. The maximum Gasteiger partial charge on any atom is 0.199 e. The van der Waals surface area contributed by atoms with E-state index in [0.29, 0.717) is 11.8 Å². The third-order valence-electron chi connectivity index (χ3n) is 7.75. The fraction of sp³-hybridized carbons (Fsp3) is 0.379. The summed E-state index contributed by atoms with van der Waals surface area (Å²) in [6.07, 6.45) is -0.0266. The third kappa shape index (κ3) is 3.42. The summed E-state index contributed by atoms with van der Waals surface area (Å²) in [6, 6.07) is 32.0. The molecule has 166 valence electrons. The molecule has 32 heavy (non-hydrogen) atoms. The molecule has 0 spiro atoms. The Morgan fingerprint density at radius 1 is 0.719 bits per heavy atom. The van der Waals surface area contributed by atoms with Gasteiger partial charge in [-0.3, -0.25) is 0 Å². The molecule has 2 nitrogen and oxygen atoms in total. The highest BCUT2D eigenvalue weighted by Gasteiger charge is 2.68. The highest BCUT2D eigenvalue weighted by atomic mass is 32.2. The topological polar surface area (TPSA) is 18.5 Å². The predicted molar refractivity (Wildman–Crippen MR) is 132 cm³/mol. The molecular weight excluding hydrogens is 412 g/mol. The van der Waals surface area contributed by atoms with E-state index in [4.69, 9.17) is 9.47 Å². The van der Waals surface area contributed by atoms with Gasteiger partial charge in [0.15, 0.2) is 5.79 Å². The standard InChI is InChI=1S/C29H32O2S/c1-21-22(2)28(25-15-9-5-10-16-25)27(20-32-19-24-13-7-4-8-14-24)30-29(31-28,23(21)3)26-17-11-6-12-18-26/h4-18,21-23,27H,19-20H2,1-3H3/t21-,22-,23+,27-,28?,29?/m1/s1. The van der Waals surface area contributed by atoms with E-state index >= 15 is 0 Å². The Bertz CT molecular complexity index is 1020. The SMILES string of the molecule is C[C@@H]1[C@@H](C)C2(c3ccccc3)OC(c3ccccc3)(O[C@@H]2CSCc2ccccc2)[C@H]1C. The zero-order valence-electron chi connectivity index (χ0n) is 19.1. The molecule has 5 rings (SSSR count). The number of hydrogen-bond donors (Lipinski definition) is 0. The fourth-order valence-corrected chi connectivity index (χ4v) is 6.75. The van der Waals surface area contributed by atoms with Crippen LogP contribution >= 0.6 is 11.8 Å². The zero-order valence-corrected chi connectivity index (χ0v) is 19.9. The van der Waals surface area contributed by atoms with Crippen LogP contribution in [0.25, 0.3) is 0 Å². The molecule has 2 aliphatic rings. The maximum atomic E-state index is 7.22. The third-order valence-corrected chi connectivity index (χ3v) is 8.83. The highest BCUT2D eigenvalue weighted by Crippen LogP contribution is 2.63. The van der Waals surface area contributed by atoms with Crippen molar-refractivity contribution >= 4 is 11.8 Å². The second kappa shape index (κ2) is 8.70. The van der Waals surface area contributed by atoms with Gasteiger partial charge in [0.05, 0.1) is 0 Å². The second-order valence-corrected chi connectivity index (χ2v) is 10.4. The van der Waals surface area contributed by atoms with E-state index in [-0.39, 0.29) is 12.0 Å². The Labute approximate surface area is 196 Å². The number of thioether (sulfide) groups is 1. The van der Waals surface area contributed by atoms with Crippen molar-refractivity contribution in [1.82, 2.24) is 0 Å². The summed E-state index contributed by atoms with van der Waals surface area (Å²) in [6.45, 7) is 7.02. The fourth-order valence-electron chi connectivity index (χ4n) is 5.68. The van der Waals surface area contributed by atoms with Crippen LogP contribution in [0.3, 0.4) is 0 Å². The summed E-state index contributed by atoms with van der Waals surface area (Å²) in [7, 11) is 0. The van der Waals surface area contributed by atoms with Crippen LogP contribution in [0.4, 0.5) is 0 Å². The lowest BCUT2D eigenvalue weighted by atomic mass is 9.66. The van der Waals surface area contributed by atoms with Gasteiger partial charge in [-0.25, -0.2) is 0 Å². The lowest BCUT2D eigenvalue weighted by Crippen LogP contribution is -2.53. The van der Waals surface area contributed by atoms with E-state index in [2.05, 4.69) is 112 Å². The van der Waals surface area contributed by atoms with Crippen LogP contribution in [-0.4, -0.2) is 11.9 Å². The lowest BCUT2D eigenvalue weighted by Gasteiger charge is -2.50. The second-order valence-electron chi connectivity index (χ2n) is 9.34. The van der Waals surface area contributed by atoms with Crippen molar-refractivity contribution in [2.24, 2.45) is 17.8 Å². The summed E-state index contributed by atoms with van der Waals surface area (Å²) in [5.74, 6) is 2.18. The van der Waals surface area contributed by atoms with Gasteiger partial charge in [0.25, 0.3) is 0 Å². The molecule has 0 amide bonds. The first-order chi connectivity index (χ1) is 15.6. The molecule has 3 aromatic carbocycles. The zero-order chi connectivity index (χ0) is 22.2. The first-order valence-electron chi connectivity index (χ1n) is 11.7. The van der Waals surface area contributed by atoms with Gasteiger partial charge >= 0.3 is 0 Å². The van der Waals surface area contributed by atoms with Crippen molar-refractivity contribution in [3.63, 3.8) is 0 Å². The molecule has 3 aromatic rings. The van der Waals surface area contributed by atoms with E-state index in [1.165, 1.54) is 11.1 Å². The van der Waals surface area contributed by atoms with Crippen molar-refractivity contribution in [2.45, 2.75) is 44.0 Å². The molecule has 2 aliphatic heterocycles. The molecule has 2 fully saturated rings. The van der Waals surface area contributed by atoms with Gasteiger partial charge in [0, 0.05) is 23.0 Å². The van der Waals surface area contributed by atoms with Gasteiger partial charge in [-0.15, -0.1) is 0 Å². The summed E-state index contributed by atoms with van der Waals surface area (Å²) >= 11 is 1.94. The van der Waals surface area contributed by atoms with E-state index in [1.54, 1.807) is 0 Å². The smallest absolute Gasteiger partial charge is 0.199 e. The predicted octanol–water partition coefficient (Wildman–Crippen LogP) is 7.01. The van der Waals surface area contributed by atoms with Crippen LogP contribution in [0.5, 0.6) is 0 Å². The van der Waals surface area contributed by atoms with Crippen LogP contribution in [0.15, 0.2) is 91.0 Å². The Morgan fingerprint density at radius 3 is 1.91 bits per heavy atom.